The molecular formula is C23H43N3. The first-order valence-corrected chi connectivity index (χ1v) is 11.6. The molecule has 3 saturated heterocycles. The Balaban J connectivity index is 1.16. The Morgan fingerprint density at radius 3 is 2.15 bits per heavy atom. The molecule has 1 unspecified atom stereocenters. The average Bonchev–Trinajstić information content (AvgIpc) is 3.24. The van der Waals surface area contributed by atoms with Gasteiger partial charge in [0, 0.05) is 44.8 Å². The second-order valence-corrected chi connectivity index (χ2v) is 11.0. The molecule has 150 valence electrons. The van der Waals surface area contributed by atoms with Gasteiger partial charge < -0.3 is 4.90 Å². The van der Waals surface area contributed by atoms with Crippen molar-refractivity contribution in [3.8, 4) is 0 Å². The van der Waals surface area contributed by atoms with E-state index in [1.807, 2.05) is 0 Å². The third-order valence-electron chi connectivity index (χ3n) is 8.09. The molecule has 4 rings (SSSR count). The van der Waals surface area contributed by atoms with E-state index in [1.165, 1.54) is 90.8 Å². The van der Waals surface area contributed by atoms with Gasteiger partial charge in [-0.2, -0.15) is 0 Å². The molecule has 4 fully saturated rings. The van der Waals surface area contributed by atoms with E-state index < -0.39 is 0 Å². The minimum absolute atomic E-state index is 0.695. The molecule has 26 heavy (non-hydrogen) atoms. The lowest BCUT2D eigenvalue weighted by molar-refractivity contribution is -0.111. The van der Waals surface area contributed by atoms with Gasteiger partial charge in [0.25, 0.3) is 0 Å². The van der Waals surface area contributed by atoms with Crippen molar-refractivity contribution in [1.29, 1.82) is 0 Å². The molecule has 0 bridgehead atoms. The summed E-state index contributed by atoms with van der Waals surface area (Å²) in [5.74, 6) is 0.871. The van der Waals surface area contributed by atoms with Gasteiger partial charge in [0.1, 0.15) is 0 Å². The highest BCUT2D eigenvalue weighted by Crippen LogP contribution is 2.52. The van der Waals surface area contributed by atoms with E-state index in [9.17, 15) is 0 Å². The van der Waals surface area contributed by atoms with Gasteiger partial charge in [0.15, 0.2) is 0 Å². The lowest BCUT2D eigenvalue weighted by Gasteiger charge is -2.60. The van der Waals surface area contributed by atoms with Crippen LogP contribution in [0.3, 0.4) is 0 Å². The van der Waals surface area contributed by atoms with Crippen molar-refractivity contribution in [3.63, 3.8) is 0 Å². The molecule has 0 N–H and O–H groups in total. The molecule has 3 heteroatoms. The van der Waals surface area contributed by atoms with Crippen molar-refractivity contribution in [3.05, 3.63) is 0 Å². The maximum atomic E-state index is 2.82. The fraction of sp³-hybridized carbons (Fsp3) is 1.00. The zero-order valence-corrected chi connectivity index (χ0v) is 18.0. The number of hydrogen-bond acceptors (Lipinski definition) is 3. The number of hydrogen-bond donors (Lipinski definition) is 0. The molecule has 0 amide bonds. The predicted molar refractivity (Wildman–Crippen MR) is 111 cm³/mol. The zero-order valence-electron chi connectivity index (χ0n) is 18.0. The number of rotatable bonds is 8. The monoisotopic (exact) mass is 361 g/mol. The molecule has 0 radical (unpaired) electrons. The summed E-state index contributed by atoms with van der Waals surface area (Å²) in [6, 6.07) is 1.68. The fourth-order valence-corrected chi connectivity index (χ4v) is 6.20. The highest BCUT2D eigenvalue weighted by Gasteiger charge is 2.50. The third kappa shape index (κ3) is 4.00. The summed E-state index contributed by atoms with van der Waals surface area (Å²) in [6.07, 6.45) is 10.1. The Labute approximate surface area is 162 Å². The molecule has 0 aromatic heterocycles. The first-order chi connectivity index (χ1) is 12.4. The minimum atomic E-state index is 0.695. The number of likely N-dealkylation sites (tertiary alicyclic amines) is 3. The summed E-state index contributed by atoms with van der Waals surface area (Å²) >= 11 is 0. The Kier molecular flexibility index (Phi) is 5.44. The van der Waals surface area contributed by atoms with Gasteiger partial charge in [-0.25, -0.2) is 0 Å². The van der Waals surface area contributed by atoms with Crippen molar-refractivity contribution in [2.24, 2.45) is 16.7 Å². The first kappa shape index (κ1) is 19.2. The van der Waals surface area contributed by atoms with Crippen molar-refractivity contribution in [2.45, 2.75) is 84.7 Å². The summed E-state index contributed by atoms with van der Waals surface area (Å²) in [4.78, 5) is 8.33. The Bertz CT molecular complexity index is 462. The van der Waals surface area contributed by atoms with Gasteiger partial charge in [-0.15, -0.1) is 0 Å². The van der Waals surface area contributed by atoms with E-state index in [0.29, 0.717) is 5.41 Å². The first-order valence-electron chi connectivity index (χ1n) is 11.6. The second kappa shape index (κ2) is 7.37. The van der Waals surface area contributed by atoms with Gasteiger partial charge >= 0.3 is 0 Å². The normalized spacial score (nSPS) is 30.3. The van der Waals surface area contributed by atoms with Gasteiger partial charge in [-0.05, 0) is 75.3 Å². The topological polar surface area (TPSA) is 9.72 Å². The van der Waals surface area contributed by atoms with Crippen LogP contribution >= 0.6 is 0 Å². The molecular weight excluding hydrogens is 318 g/mol. The van der Waals surface area contributed by atoms with Crippen molar-refractivity contribution in [2.75, 3.05) is 45.8 Å². The van der Waals surface area contributed by atoms with E-state index in [0.717, 1.165) is 23.4 Å². The third-order valence-corrected chi connectivity index (χ3v) is 8.09. The van der Waals surface area contributed by atoms with E-state index in [4.69, 9.17) is 0 Å². The van der Waals surface area contributed by atoms with E-state index >= 15 is 0 Å². The van der Waals surface area contributed by atoms with Gasteiger partial charge in [-0.3, -0.25) is 9.80 Å². The smallest absolute Gasteiger partial charge is 0.0351 e. The molecule has 4 aliphatic rings. The SMILES string of the molecule is CCCC(C)N1CC(N2CC3(CCN(CC4(CC(C)C)CC4)CC3)C2)C1. The standard InChI is InChI=1S/C23H43N3/c1-5-6-20(4)25-14-21(15-25)26-17-23(18-26)9-11-24(12-10-23)16-22(7-8-22)13-19(2)3/h19-21H,5-18H2,1-4H3. The van der Waals surface area contributed by atoms with Crippen LogP contribution in [0.1, 0.15) is 72.6 Å². The van der Waals surface area contributed by atoms with Crippen LogP contribution in [0.4, 0.5) is 0 Å². The summed E-state index contributed by atoms with van der Waals surface area (Å²) in [5.41, 5.74) is 1.41. The van der Waals surface area contributed by atoms with E-state index in [-0.39, 0.29) is 0 Å². The van der Waals surface area contributed by atoms with Crippen LogP contribution in [-0.4, -0.2) is 72.6 Å². The molecule has 1 atom stereocenters. The quantitative estimate of drug-likeness (QED) is 0.645. The molecule has 3 nitrogen and oxygen atoms in total. The van der Waals surface area contributed by atoms with Crippen LogP contribution in [0.2, 0.25) is 0 Å². The van der Waals surface area contributed by atoms with E-state index in [1.54, 1.807) is 0 Å². The molecule has 1 aliphatic carbocycles. The summed E-state index contributed by atoms with van der Waals surface area (Å²) in [7, 11) is 0. The largest absolute Gasteiger partial charge is 0.303 e. The zero-order chi connectivity index (χ0) is 18.4. The predicted octanol–water partition coefficient (Wildman–Crippen LogP) is 4.08. The van der Waals surface area contributed by atoms with Crippen LogP contribution in [0.25, 0.3) is 0 Å². The second-order valence-electron chi connectivity index (χ2n) is 11.0. The van der Waals surface area contributed by atoms with Gasteiger partial charge in [0.2, 0.25) is 0 Å². The maximum Gasteiger partial charge on any atom is 0.0351 e. The van der Waals surface area contributed by atoms with Crippen LogP contribution < -0.4 is 0 Å². The van der Waals surface area contributed by atoms with Crippen LogP contribution in [0, 0.1) is 16.7 Å². The summed E-state index contributed by atoms with van der Waals surface area (Å²) in [5, 5.41) is 0. The molecule has 1 spiro atoms. The highest BCUT2D eigenvalue weighted by atomic mass is 15.4. The lowest BCUT2D eigenvalue weighted by atomic mass is 9.70. The lowest BCUT2D eigenvalue weighted by Crippen LogP contribution is -2.70. The van der Waals surface area contributed by atoms with Crippen molar-refractivity contribution < 1.29 is 0 Å². The maximum absolute atomic E-state index is 2.82. The summed E-state index contributed by atoms with van der Waals surface area (Å²) < 4.78 is 0. The Morgan fingerprint density at radius 2 is 1.62 bits per heavy atom. The molecule has 3 heterocycles. The van der Waals surface area contributed by atoms with Crippen LogP contribution in [0.5, 0.6) is 0 Å². The van der Waals surface area contributed by atoms with Crippen LogP contribution in [0.15, 0.2) is 0 Å². The van der Waals surface area contributed by atoms with Crippen LogP contribution in [-0.2, 0) is 0 Å². The summed E-state index contributed by atoms with van der Waals surface area (Å²) in [6.45, 7) is 19.1. The number of piperidine rings is 1. The van der Waals surface area contributed by atoms with E-state index in [2.05, 4.69) is 42.4 Å². The minimum Gasteiger partial charge on any atom is -0.303 e. The fourth-order valence-electron chi connectivity index (χ4n) is 6.20. The van der Waals surface area contributed by atoms with Crippen molar-refractivity contribution in [1.82, 2.24) is 14.7 Å². The van der Waals surface area contributed by atoms with Gasteiger partial charge in [0.05, 0.1) is 0 Å². The Morgan fingerprint density at radius 1 is 0.962 bits per heavy atom. The average molecular weight is 362 g/mol. The molecule has 0 aromatic rings. The molecule has 3 aliphatic heterocycles. The molecule has 1 saturated carbocycles. The van der Waals surface area contributed by atoms with Gasteiger partial charge in [-0.1, -0.05) is 27.2 Å². The van der Waals surface area contributed by atoms with Crippen molar-refractivity contribution >= 4 is 0 Å². The molecule has 0 aromatic carbocycles. The Hall–Kier alpha value is -0.120. The number of nitrogens with zero attached hydrogens (tertiary/aromatic N) is 3. The highest BCUT2D eigenvalue weighted by molar-refractivity contribution is 5.05.